The second-order valence-electron chi connectivity index (χ2n) is 3.46. The van der Waals surface area contributed by atoms with Crippen LogP contribution >= 0.6 is 12.2 Å². The largest absolute Gasteiger partial charge is 0.299 e. The van der Waals surface area contributed by atoms with Gasteiger partial charge >= 0.3 is 0 Å². The second-order valence-corrected chi connectivity index (χ2v) is 3.84. The van der Waals surface area contributed by atoms with Gasteiger partial charge in [-0.3, -0.25) is 10.9 Å². The summed E-state index contributed by atoms with van der Waals surface area (Å²) >= 11 is 5.02. The summed E-state index contributed by atoms with van der Waals surface area (Å²) in [6, 6.07) is 19.1. The van der Waals surface area contributed by atoms with Crippen molar-refractivity contribution in [2.75, 3.05) is 5.43 Å². The van der Waals surface area contributed by atoms with E-state index in [1.165, 1.54) is 0 Å². The summed E-state index contributed by atoms with van der Waals surface area (Å²) in [5, 5.41) is 8.17. The van der Waals surface area contributed by atoms with Crippen molar-refractivity contribution in [3.63, 3.8) is 0 Å². The van der Waals surface area contributed by atoms with Crippen molar-refractivity contribution in [2.24, 2.45) is 10.2 Å². The summed E-state index contributed by atoms with van der Waals surface area (Å²) < 4.78 is 0. The molecule has 92 valence electrons. The van der Waals surface area contributed by atoms with E-state index in [1.807, 2.05) is 60.7 Å². The Morgan fingerprint density at radius 3 is 2.11 bits per heavy atom. The number of hydrogen-bond acceptors (Lipinski definition) is 3. The number of azo groups is 1. The summed E-state index contributed by atoms with van der Waals surface area (Å²) in [7, 11) is 0. The third kappa shape index (κ3) is 5.68. The summed E-state index contributed by atoms with van der Waals surface area (Å²) in [5.41, 5.74) is 7.40. The van der Waals surface area contributed by atoms with Crippen molar-refractivity contribution >= 4 is 28.7 Å². The molecular formula is C13H12N4SZn. The molecule has 0 heterocycles. The van der Waals surface area contributed by atoms with Gasteiger partial charge in [0, 0.05) is 19.5 Å². The molecule has 2 aromatic rings. The van der Waals surface area contributed by atoms with E-state index in [0.29, 0.717) is 0 Å². The van der Waals surface area contributed by atoms with Gasteiger partial charge < -0.3 is 0 Å². The molecule has 0 unspecified atom stereocenters. The minimum atomic E-state index is 0. The zero-order chi connectivity index (χ0) is 12.6. The zero-order valence-corrected chi connectivity index (χ0v) is 14.1. The average Bonchev–Trinajstić information content (AvgIpc) is 2.45. The predicted molar refractivity (Wildman–Crippen MR) is 76.8 cm³/mol. The van der Waals surface area contributed by atoms with Gasteiger partial charge in [-0.05, 0) is 36.5 Å². The molecule has 0 atom stereocenters. The summed E-state index contributed by atoms with van der Waals surface area (Å²) in [5.74, 6) is 0. The summed E-state index contributed by atoms with van der Waals surface area (Å²) in [6.07, 6.45) is 0. The van der Waals surface area contributed by atoms with Gasteiger partial charge in [0.15, 0.2) is 0 Å². The van der Waals surface area contributed by atoms with Crippen molar-refractivity contribution in [3.05, 3.63) is 60.7 Å². The monoisotopic (exact) mass is 320 g/mol. The van der Waals surface area contributed by atoms with Crippen molar-refractivity contribution in [1.29, 1.82) is 0 Å². The van der Waals surface area contributed by atoms with E-state index in [1.54, 1.807) is 0 Å². The summed E-state index contributed by atoms with van der Waals surface area (Å²) in [4.78, 5) is 0. The molecule has 0 saturated carbocycles. The van der Waals surface area contributed by atoms with Crippen molar-refractivity contribution < 1.29 is 19.5 Å². The van der Waals surface area contributed by atoms with Crippen LogP contribution in [0.1, 0.15) is 0 Å². The summed E-state index contributed by atoms with van der Waals surface area (Å²) in [6.45, 7) is 0. The molecule has 2 rings (SSSR count). The maximum absolute atomic E-state index is 5.02. The van der Waals surface area contributed by atoms with E-state index >= 15 is 0 Å². The zero-order valence-electron chi connectivity index (χ0n) is 10.3. The fourth-order valence-electron chi connectivity index (χ4n) is 1.27. The molecular weight excluding hydrogens is 310 g/mol. The van der Waals surface area contributed by atoms with Gasteiger partial charge in [-0.1, -0.05) is 36.4 Å². The molecule has 0 amide bonds. The number of thiocarbonyl (C=S) groups is 1. The SMILES string of the molecule is S=C(/N=N/c1ccccc1)NNc1ccccc1.[Zn]. The third-order valence-corrected chi connectivity index (χ3v) is 2.28. The molecule has 2 N–H and O–H groups in total. The Morgan fingerprint density at radius 2 is 1.47 bits per heavy atom. The molecule has 19 heavy (non-hydrogen) atoms. The Bertz CT molecular complexity index is 531. The van der Waals surface area contributed by atoms with Crippen LogP contribution in [0.2, 0.25) is 0 Å². The topological polar surface area (TPSA) is 48.8 Å². The van der Waals surface area contributed by atoms with Crippen LogP contribution in [0.25, 0.3) is 0 Å². The Balaban J connectivity index is 0.00000180. The van der Waals surface area contributed by atoms with Crippen LogP contribution in [0, 0.1) is 0 Å². The van der Waals surface area contributed by atoms with Gasteiger partial charge in [0.2, 0.25) is 5.11 Å². The Morgan fingerprint density at radius 1 is 0.895 bits per heavy atom. The second kappa shape index (κ2) is 8.45. The van der Waals surface area contributed by atoms with Crippen LogP contribution < -0.4 is 10.9 Å². The maximum atomic E-state index is 5.02. The first kappa shape index (κ1) is 15.4. The standard InChI is InChI=1S/C13H12N4S.Zn/c18-13(16-14-11-7-3-1-4-8-11)17-15-12-9-5-2-6-10-12;/h1-10,14H,(H,16,18);/b17-15+;. The van der Waals surface area contributed by atoms with Gasteiger partial charge in [0.25, 0.3) is 0 Å². The maximum Gasteiger partial charge on any atom is 0.232 e. The molecule has 0 saturated heterocycles. The molecule has 0 aliphatic carbocycles. The van der Waals surface area contributed by atoms with Crippen LogP contribution in [0.3, 0.4) is 0 Å². The van der Waals surface area contributed by atoms with E-state index in [0.717, 1.165) is 11.4 Å². The first-order valence-corrected chi connectivity index (χ1v) is 5.83. The van der Waals surface area contributed by atoms with Gasteiger partial charge in [0.05, 0.1) is 11.4 Å². The quantitative estimate of drug-likeness (QED) is 0.392. The Hall–Kier alpha value is -1.65. The van der Waals surface area contributed by atoms with Crippen LogP contribution in [0.5, 0.6) is 0 Å². The van der Waals surface area contributed by atoms with E-state index in [9.17, 15) is 0 Å². The first-order chi connectivity index (χ1) is 8.84. The molecule has 0 aliphatic rings. The number of hydrogen-bond donors (Lipinski definition) is 2. The number of anilines is 1. The van der Waals surface area contributed by atoms with Crippen LogP contribution in [-0.2, 0) is 19.5 Å². The molecule has 0 radical (unpaired) electrons. The molecule has 0 fully saturated rings. The number of hydrazine groups is 1. The fraction of sp³-hybridized carbons (Fsp3) is 0. The smallest absolute Gasteiger partial charge is 0.232 e. The van der Waals surface area contributed by atoms with Gasteiger partial charge in [-0.2, -0.15) is 0 Å². The van der Waals surface area contributed by atoms with Crippen LogP contribution in [0.4, 0.5) is 11.4 Å². The van der Waals surface area contributed by atoms with E-state index in [-0.39, 0.29) is 24.6 Å². The van der Waals surface area contributed by atoms with Crippen molar-refractivity contribution in [2.45, 2.75) is 0 Å². The average molecular weight is 322 g/mol. The van der Waals surface area contributed by atoms with Crippen LogP contribution in [0.15, 0.2) is 70.9 Å². The minimum Gasteiger partial charge on any atom is -0.299 e. The molecule has 0 bridgehead atoms. The van der Waals surface area contributed by atoms with Crippen molar-refractivity contribution in [1.82, 2.24) is 5.43 Å². The van der Waals surface area contributed by atoms with Crippen LogP contribution in [-0.4, -0.2) is 5.11 Å². The first-order valence-electron chi connectivity index (χ1n) is 5.42. The third-order valence-electron chi connectivity index (χ3n) is 2.10. The molecule has 4 nitrogen and oxygen atoms in total. The molecule has 6 heteroatoms. The molecule has 2 aromatic carbocycles. The molecule has 0 aliphatic heterocycles. The van der Waals surface area contributed by atoms with E-state index < -0.39 is 0 Å². The fourth-order valence-corrected chi connectivity index (χ4v) is 1.36. The van der Waals surface area contributed by atoms with Gasteiger partial charge in [-0.15, -0.1) is 10.2 Å². The number of benzene rings is 2. The Labute approximate surface area is 130 Å². The van der Waals surface area contributed by atoms with E-state index in [2.05, 4.69) is 21.1 Å². The predicted octanol–water partition coefficient (Wildman–Crippen LogP) is 3.67. The van der Waals surface area contributed by atoms with Crippen molar-refractivity contribution in [3.8, 4) is 0 Å². The van der Waals surface area contributed by atoms with E-state index in [4.69, 9.17) is 12.2 Å². The minimum absolute atomic E-state index is 0. The normalized spacial score (nSPS) is 9.68. The number of nitrogens with one attached hydrogen (secondary N) is 2. The van der Waals surface area contributed by atoms with Gasteiger partial charge in [-0.25, -0.2) is 0 Å². The Kier molecular flexibility index (Phi) is 6.86. The molecule has 0 aromatic heterocycles. The number of para-hydroxylation sites is 1. The number of rotatable bonds is 3. The van der Waals surface area contributed by atoms with Gasteiger partial charge in [0.1, 0.15) is 0 Å². The molecule has 0 spiro atoms. The number of nitrogens with zero attached hydrogens (tertiary/aromatic N) is 2.